The summed E-state index contributed by atoms with van der Waals surface area (Å²) in [4.78, 5) is 70.7. The summed E-state index contributed by atoms with van der Waals surface area (Å²) in [5, 5.41) is 11.7. The van der Waals surface area contributed by atoms with Crippen molar-refractivity contribution < 1.29 is 23.9 Å². The molecule has 14 heteroatoms. The van der Waals surface area contributed by atoms with E-state index in [0.717, 1.165) is 110 Å². The third kappa shape index (κ3) is 8.07. The number of carbonyl (C=O) groups excluding carboxylic acids is 4. The van der Waals surface area contributed by atoms with Crippen LogP contribution >= 0.6 is 0 Å². The monoisotopic (exact) mass is 821 g/mol. The second kappa shape index (κ2) is 16.4. The lowest BCUT2D eigenvalue weighted by Gasteiger charge is -2.43. The normalized spacial score (nSPS) is 21.4. The number of carbonyl (C=O) groups is 4. The number of fused-ring (bicyclic) bond motifs is 1. The van der Waals surface area contributed by atoms with Gasteiger partial charge in [0.2, 0.25) is 17.8 Å². The molecule has 3 aromatic carbocycles. The summed E-state index contributed by atoms with van der Waals surface area (Å²) in [6.45, 7) is 15.3. The van der Waals surface area contributed by atoms with Crippen LogP contribution < -0.4 is 19.9 Å². The molecule has 4 amide bonds. The Kier molecular flexibility index (Phi) is 10.8. The minimum Gasteiger partial charge on any atom is -0.487 e. The predicted octanol–water partition coefficient (Wildman–Crippen LogP) is 4.30. The Morgan fingerprint density at radius 1 is 0.836 bits per heavy atom. The molecule has 4 aromatic rings. The Bertz CT molecular complexity index is 2420. The molecule has 5 aliphatic rings. The molecule has 0 aliphatic carbocycles. The van der Waals surface area contributed by atoms with Gasteiger partial charge in [-0.15, -0.1) is 0 Å². The number of nitrogens with one attached hydrogen (secondary N) is 1. The van der Waals surface area contributed by atoms with Crippen molar-refractivity contribution in [2.75, 3.05) is 68.7 Å². The maximum absolute atomic E-state index is 13.3. The van der Waals surface area contributed by atoms with Crippen LogP contribution in [0.5, 0.6) is 5.75 Å². The first kappa shape index (κ1) is 40.2. The number of benzene rings is 3. The number of piperidine rings is 1. The Hall–Kier alpha value is -6.17. The van der Waals surface area contributed by atoms with Crippen LogP contribution in [0, 0.1) is 24.2 Å². The first-order valence-electron chi connectivity index (χ1n) is 21.3. The van der Waals surface area contributed by atoms with Crippen LogP contribution in [-0.2, 0) is 21.6 Å². The molecular weight excluding hydrogens is 771 g/mol. The van der Waals surface area contributed by atoms with Gasteiger partial charge < -0.3 is 19.4 Å². The Morgan fingerprint density at radius 2 is 1.61 bits per heavy atom. The highest BCUT2D eigenvalue weighted by Gasteiger charge is 2.45. The van der Waals surface area contributed by atoms with Crippen LogP contribution in [0.15, 0.2) is 72.9 Å². The summed E-state index contributed by atoms with van der Waals surface area (Å²) >= 11 is 0. The standard InChI is InChI=1S/C47H51N9O5/c1-30-20-31(24-48)22-34(21-30)47(2,3)33-4-7-38(8-5-33)61-29-35-12-14-49-46(50-35)54-18-16-53(17-19-54)37-13-15-52(28-37)25-32-26-55(27-32)36-6-9-39-40(23-36)45(60)56(44(39)59)41-10-11-42(57)51-43(41)58/h4-9,12,14,20-23,32,37,41H,10-11,13,15-19,25-29H2,1-3H3,(H,51,57,58). The molecule has 61 heavy (non-hydrogen) atoms. The highest BCUT2D eigenvalue weighted by molar-refractivity contribution is 6.23. The summed E-state index contributed by atoms with van der Waals surface area (Å²) in [6, 6.07) is 23.3. The fraction of sp³-hybridized carbons (Fsp3) is 0.426. The first-order valence-corrected chi connectivity index (χ1v) is 21.3. The van der Waals surface area contributed by atoms with Gasteiger partial charge in [-0.3, -0.25) is 34.3 Å². The Balaban J connectivity index is 0.716. The molecule has 2 unspecified atom stereocenters. The Morgan fingerprint density at radius 3 is 2.36 bits per heavy atom. The molecule has 0 spiro atoms. The van der Waals surface area contributed by atoms with Gasteiger partial charge in [-0.25, -0.2) is 9.97 Å². The molecule has 1 N–H and O–H groups in total. The van der Waals surface area contributed by atoms with Crippen LogP contribution in [0.4, 0.5) is 11.6 Å². The van der Waals surface area contributed by atoms with Gasteiger partial charge in [-0.2, -0.15) is 5.26 Å². The number of nitrogens with zero attached hydrogens (tertiary/aromatic N) is 8. The molecule has 0 radical (unpaired) electrons. The highest BCUT2D eigenvalue weighted by Crippen LogP contribution is 2.35. The zero-order valence-electron chi connectivity index (χ0n) is 35.0. The van der Waals surface area contributed by atoms with Gasteiger partial charge in [0.25, 0.3) is 11.8 Å². The topological polar surface area (TPSA) is 155 Å². The fourth-order valence-corrected chi connectivity index (χ4v) is 9.60. The van der Waals surface area contributed by atoms with Gasteiger partial charge in [0.05, 0.1) is 28.5 Å². The molecule has 0 saturated carbocycles. The number of aromatic nitrogens is 2. The maximum atomic E-state index is 13.3. The largest absolute Gasteiger partial charge is 0.487 e. The second-order valence-electron chi connectivity index (χ2n) is 17.7. The van der Waals surface area contributed by atoms with E-state index in [9.17, 15) is 24.4 Å². The van der Waals surface area contributed by atoms with E-state index in [0.29, 0.717) is 35.3 Å². The van der Waals surface area contributed by atoms with Crippen LogP contribution in [0.25, 0.3) is 0 Å². The zero-order valence-corrected chi connectivity index (χ0v) is 35.0. The third-order valence-electron chi connectivity index (χ3n) is 13.2. The number of rotatable bonds is 11. The molecule has 6 heterocycles. The third-order valence-corrected chi connectivity index (χ3v) is 13.2. The minimum absolute atomic E-state index is 0.0992. The number of hydrogen-bond donors (Lipinski definition) is 1. The van der Waals surface area contributed by atoms with E-state index in [-0.39, 0.29) is 24.2 Å². The predicted molar refractivity (Wildman–Crippen MR) is 228 cm³/mol. The number of imide groups is 2. The Labute approximate surface area is 356 Å². The summed E-state index contributed by atoms with van der Waals surface area (Å²) in [5.41, 5.74) is 6.09. The van der Waals surface area contributed by atoms with Gasteiger partial charge in [0.1, 0.15) is 18.4 Å². The van der Waals surface area contributed by atoms with Gasteiger partial charge in [0, 0.05) is 88.0 Å². The summed E-state index contributed by atoms with van der Waals surface area (Å²) in [5.74, 6) is 0.0898. The van der Waals surface area contributed by atoms with Gasteiger partial charge in [-0.05, 0) is 91.5 Å². The lowest BCUT2D eigenvalue weighted by atomic mass is 9.77. The number of likely N-dealkylation sites (tertiary alicyclic amines) is 1. The summed E-state index contributed by atoms with van der Waals surface area (Å²) in [7, 11) is 0. The lowest BCUT2D eigenvalue weighted by Crippen LogP contribution is -2.54. The fourth-order valence-electron chi connectivity index (χ4n) is 9.60. The summed E-state index contributed by atoms with van der Waals surface area (Å²) in [6.07, 6.45) is 3.21. The van der Waals surface area contributed by atoms with Crippen molar-refractivity contribution in [1.82, 2.24) is 30.0 Å². The van der Waals surface area contributed by atoms with E-state index >= 15 is 0 Å². The van der Waals surface area contributed by atoms with Gasteiger partial charge in [0.15, 0.2) is 0 Å². The molecule has 2 atom stereocenters. The number of piperazine rings is 1. The average Bonchev–Trinajstić information content (AvgIpc) is 3.82. The molecule has 5 aliphatic heterocycles. The van der Waals surface area contributed by atoms with E-state index in [4.69, 9.17) is 9.72 Å². The highest BCUT2D eigenvalue weighted by atomic mass is 16.5. The molecule has 14 nitrogen and oxygen atoms in total. The van der Waals surface area contributed by atoms with E-state index in [2.05, 4.69) is 68.0 Å². The van der Waals surface area contributed by atoms with Crippen molar-refractivity contribution >= 4 is 35.3 Å². The van der Waals surface area contributed by atoms with Gasteiger partial charge in [-0.1, -0.05) is 32.0 Å². The number of aryl methyl sites for hydroxylation is 1. The van der Waals surface area contributed by atoms with Crippen LogP contribution in [-0.4, -0.2) is 119 Å². The number of ether oxygens (including phenoxy) is 1. The molecule has 4 saturated heterocycles. The molecule has 314 valence electrons. The molecule has 4 fully saturated rings. The van der Waals surface area contributed by atoms with Crippen molar-refractivity contribution in [2.24, 2.45) is 5.92 Å². The lowest BCUT2D eigenvalue weighted by molar-refractivity contribution is -0.136. The van der Waals surface area contributed by atoms with Crippen molar-refractivity contribution in [3.05, 3.63) is 112 Å². The molecule has 1 aromatic heterocycles. The van der Waals surface area contributed by atoms with Gasteiger partial charge >= 0.3 is 0 Å². The number of hydrogen-bond acceptors (Lipinski definition) is 12. The quantitative estimate of drug-likeness (QED) is 0.215. The average molecular weight is 822 g/mol. The van der Waals surface area contributed by atoms with Crippen LogP contribution in [0.2, 0.25) is 0 Å². The number of anilines is 2. The van der Waals surface area contributed by atoms with Crippen molar-refractivity contribution in [2.45, 2.75) is 64.1 Å². The van der Waals surface area contributed by atoms with Crippen molar-refractivity contribution in [3.8, 4) is 11.8 Å². The minimum atomic E-state index is -0.963. The maximum Gasteiger partial charge on any atom is 0.262 e. The van der Waals surface area contributed by atoms with E-state index in [1.54, 1.807) is 12.1 Å². The van der Waals surface area contributed by atoms with E-state index in [1.165, 1.54) is 0 Å². The van der Waals surface area contributed by atoms with Crippen molar-refractivity contribution in [1.29, 1.82) is 5.26 Å². The smallest absolute Gasteiger partial charge is 0.262 e. The number of amides is 4. The van der Waals surface area contributed by atoms with Crippen molar-refractivity contribution in [3.63, 3.8) is 0 Å². The molecule has 0 bridgehead atoms. The van der Waals surface area contributed by atoms with E-state index in [1.807, 2.05) is 49.5 Å². The zero-order chi connectivity index (χ0) is 42.4. The number of nitriles is 1. The second-order valence-corrected chi connectivity index (χ2v) is 17.7. The van der Waals surface area contributed by atoms with Crippen LogP contribution in [0.3, 0.4) is 0 Å². The van der Waals surface area contributed by atoms with E-state index < -0.39 is 23.8 Å². The SMILES string of the molecule is Cc1cc(C#N)cc(C(C)(C)c2ccc(OCc3ccnc(N4CCN(C5CCN(CC6CN(c7ccc8c(c7)C(=O)N(C7CCC(=O)NC7=O)C8=O)C6)C5)CC4)n3)cc2)c1. The molecular formula is C47H51N9O5. The first-order chi connectivity index (χ1) is 29.4. The van der Waals surface area contributed by atoms with Crippen LogP contribution in [0.1, 0.15) is 81.8 Å². The summed E-state index contributed by atoms with van der Waals surface area (Å²) < 4.78 is 6.17. The molecule has 9 rings (SSSR count).